The van der Waals surface area contributed by atoms with Gasteiger partial charge in [-0.15, -0.1) is 0 Å². The number of aromatic nitrogens is 1. The second kappa shape index (κ2) is 11.8. The molecule has 2 unspecified atom stereocenters. The van der Waals surface area contributed by atoms with Crippen molar-refractivity contribution in [1.29, 1.82) is 0 Å². The number of nitrogens with zero attached hydrogens (tertiary/aromatic N) is 1. The lowest BCUT2D eigenvalue weighted by molar-refractivity contribution is 0.0686. The summed E-state index contributed by atoms with van der Waals surface area (Å²) in [6.07, 6.45) is 0.0599. The number of aliphatic hydroxyl groups excluding tert-OH is 1. The highest BCUT2D eigenvalue weighted by Gasteiger charge is 2.18. The molecule has 0 aliphatic heterocycles. The molecule has 0 saturated carbocycles. The number of rotatable bonds is 11. The van der Waals surface area contributed by atoms with Crippen LogP contribution in [0.5, 0.6) is 0 Å². The molecule has 0 amide bonds. The SMILES string of the molecule is CNS(=O)(=O)c1cccc(Cn2c(C(=O)O)cc3cc(CC(C)NCC(O)c4cccc(Br)c4)ccc32)c1. The van der Waals surface area contributed by atoms with Crippen molar-refractivity contribution in [1.82, 2.24) is 14.6 Å². The minimum absolute atomic E-state index is 0.0761. The van der Waals surface area contributed by atoms with Crippen LogP contribution >= 0.6 is 15.9 Å². The lowest BCUT2D eigenvalue weighted by Crippen LogP contribution is -2.32. The lowest BCUT2D eigenvalue weighted by Gasteiger charge is -2.18. The maximum absolute atomic E-state index is 12.2. The first-order chi connectivity index (χ1) is 18.1. The Morgan fingerprint density at radius 3 is 2.50 bits per heavy atom. The maximum Gasteiger partial charge on any atom is 0.352 e. The number of carboxylic acid groups (broad SMARTS) is 1. The molecule has 4 N–H and O–H groups in total. The summed E-state index contributed by atoms with van der Waals surface area (Å²) in [5.74, 6) is -1.06. The van der Waals surface area contributed by atoms with Gasteiger partial charge >= 0.3 is 5.97 Å². The first kappa shape index (κ1) is 28.0. The van der Waals surface area contributed by atoms with E-state index in [1.165, 1.54) is 13.1 Å². The van der Waals surface area contributed by atoms with Gasteiger partial charge < -0.3 is 20.1 Å². The zero-order valence-corrected chi connectivity index (χ0v) is 23.5. The molecule has 2 atom stereocenters. The molecule has 38 heavy (non-hydrogen) atoms. The average Bonchev–Trinajstić information content (AvgIpc) is 3.25. The molecule has 0 radical (unpaired) electrons. The van der Waals surface area contributed by atoms with Crippen molar-refractivity contribution in [3.63, 3.8) is 0 Å². The normalized spacial score (nSPS) is 13.5. The van der Waals surface area contributed by atoms with E-state index in [1.807, 2.05) is 49.4 Å². The number of hydrogen-bond acceptors (Lipinski definition) is 5. The van der Waals surface area contributed by atoms with Gasteiger partial charge in [-0.1, -0.05) is 46.3 Å². The number of benzene rings is 3. The van der Waals surface area contributed by atoms with Crippen molar-refractivity contribution in [2.75, 3.05) is 13.6 Å². The molecule has 1 aromatic heterocycles. The van der Waals surface area contributed by atoms with E-state index in [0.29, 0.717) is 18.5 Å². The monoisotopic (exact) mass is 599 g/mol. The van der Waals surface area contributed by atoms with E-state index in [1.54, 1.807) is 28.8 Å². The third-order valence-corrected chi connectivity index (χ3v) is 8.34. The molecule has 4 aromatic rings. The van der Waals surface area contributed by atoms with Crippen LogP contribution in [0.25, 0.3) is 10.9 Å². The van der Waals surface area contributed by atoms with Crippen molar-refractivity contribution >= 4 is 42.8 Å². The number of sulfonamides is 1. The molecule has 0 aliphatic carbocycles. The van der Waals surface area contributed by atoms with E-state index < -0.39 is 22.1 Å². The van der Waals surface area contributed by atoms with Crippen LogP contribution < -0.4 is 10.0 Å². The van der Waals surface area contributed by atoms with E-state index in [4.69, 9.17) is 0 Å². The highest BCUT2D eigenvalue weighted by Crippen LogP contribution is 2.25. The van der Waals surface area contributed by atoms with Crippen LogP contribution in [-0.4, -0.2) is 48.8 Å². The Bertz CT molecular complexity index is 1570. The molecule has 0 bridgehead atoms. The zero-order chi connectivity index (χ0) is 27.4. The van der Waals surface area contributed by atoms with E-state index in [2.05, 4.69) is 26.0 Å². The number of nitrogens with one attached hydrogen (secondary N) is 2. The van der Waals surface area contributed by atoms with Crippen molar-refractivity contribution in [2.45, 2.75) is 36.9 Å². The Balaban J connectivity index is 1.51. The van der Waals surface area contributed by atoms with Gasteiger partial charge in [-0.3, -0.25) is 0 Å². The molecule has 3 aromatic carbocycles. The molecule has 10 heteroatoms. The summed E-state index contributed by atoms with van der Waals surface area (Å²) in [6, 6.07) is 21.6. The van der Waals surface area contributed by atoms with Crippen LogP contribution in [0.15, 0.2) is 82.2 Å². The zero-order valence-electron chi connectivity index (χ0n) is 21.1. The first-order valence-corrected chi connectivity index (χ1v) is 14.4. The molecule has 4 rings (SSSR count). The average molecular weight is 601 g/mol. The molecular formula is C28H30BrN3O5S. The summed E-state index contributed by atoms with van der Waals surface area (Å²) in [5, 5.41) is 24.5. The summed E-state index contributed by atoms with van der Waals surface area (Å²) >= 11 is 3.43. The summed E-state index contributed by atoms with van der Waals surface area (Å²) in [4.78, 5) is 12.2. The van der Waals surface area contributed by atoms with Gasteiger partial charge in [-0.2, -0.15) is 0 Å². The Morgan fingerprint density at radius 1 is 1.03 bits per heavy atom. The van der Waals surface area contributed by atoms with Crippen LogP contribution in [0.4, 0.5) is 0 Å². The number of carbonyl (C=O) groups is 1. The van der Waals surface area contributed by atoms with E-state index in [0.717, 1.165) is 26.5 Å². The summed E-state index contributed by atoms with van der Waals surface area (Å²) < 4.78 is 29.3. The van der Waals surface area contributed by atoms with Gasteiger partial charge in [0.05, 0.1) is 11.0 Å². The Labute approximate surface area is 230 Å². The largest absolute Gasteiger partial charge is 0.477 e. The Hall–Kier alpha value is -3.02. The van der Waals surface area contributed by atoms with Gasteiger partial charge in [0, 0.05) is 34.5 Å². The standard InChI is InChI=1S/C28H30BrN3O5S/c1-18(31-16-27(33)21-6-4-7-23(29)14-21)11-19-9-10-25-22(12-19)15-26(28(34)35)32(25)17-20-5-3-8-24(13-20)38(36,37)30-2/h3-10,12-15,18,27,30-31,33H,11,16-17H2,1-2H3,(H,34,35). The molecule has 0 fully saturated rings. The van der Waals surface area contributed by atoms with Crippen molar-refractivity contribution in [3.8, 4) is 0 Å². The second-order valence-electron chi connectivity index (χ2n) is 9.25. The fraction of sp³-hybridized carbons (Fsp3) is 0.250. The van der Waals surface area contributed by atoms with Gasteiger partial charge in [0.2, 0.25) is 10.0 Å². The van der Waals surface area contributed by atoms with Gasteiger partial charge in [-0.05, 0) is 79.5 Å². The maximum atomic E-state index is 12.2. The molecule has 8 nitrogen and oxygen atoms in total. The summed E-state index contributed by atoms with van der Waals surface area (Å²) in [5.41, 5.74) is 3.41. The molecular weight excluding hydrogens is 570 g/mol. The Kier molecular flexibility index (Phi) is 8.69. The Morgan fingerprint density at radius 2 is 1.79 bits per heavy atom. The molecule has 200 valence electrons. The second-order valence-corrected chi connectivity index (χ2v) is 12.1. The number of aliphatic hydroxyl groups is 1. The van der Waals surface area contributed by atoms with Crippen LogP contribution in [0.2, 0.25) is 0 Å². The predicted octanol–water partition coefficient (Wildman–Crippen LogP) is 4.31. The van der Waals surface area contributed by atoms with Crippen molar-refractivity contribution in [2.24, 2.45) is 0 Å². The molecule has 0 aliphatic rings. The summed E-state index contributed by atoms with van der Waals surface area (Å²) in [7, 11) is -2.26. The smallest absolute Gasteiger partial charge is 0.352 e. The van der Waals surface area contributed by atoms with E-state index in [9.17, 15) is 23.4 Å². The fourth-order valence-electron chi connectivity index (χ4n) is 4.48. The van der Waals surface area contributed by atoms with Gasteiger partial charge in [-0.25, -0.2) is 17.9 Å². The first-order valence-electron chi connectivity index (χ1n) is 12.1. The molecule has 0 spiro atoms. The highest BCUT2D eigenvalue weighted by atomic mass is 79.9. The topological polar surface area (TPSA) is 121 Å². The van der Waals surface area contributed by atoms with Gasteiger partial charge in [0.1, 0.15) is 5.69 Å². The van der Waals surface area contributed by atoms with Crippen LogP contribution in [0.3, 0.4) is 0 Å². The molecule has 1 heterocycles. The predicted molar refractivity (Wildman–Crippen MR) is 151 cm³/mol. The number of aromatic carboxylic acids is 1. The van der Waals surface area contributed by atoms with Gasteiger partial charge in [0.25, 0.3) is 0 Å². The van der Waals surface area contributed by atoms with Crippen molar-refractivity contribution in [3.05, 3.63) is 99.7 Å². The minimum Gasteiger partial charge on any atom is -0.477 e. The van der Waals surface area contributed by atoms with Crippen molar-refractivity contribution < 1.29 is 23.4 Å². The molecule has 0 saturated heterocycles. The number of fused-ring (bicyclic) bond motifs is 1. The number of halogens is 1. The van der Waals surface area contributed by atoms with Crippen LogP contribution in [0, 0.1) is 0 Å². The van der Waals surface area contributed by atoms with Crippen LogP contribution in [-0.2, 0) is 23.0 Å². The third kappa shape index (κ3) is 6.51. The van der Waals surface area contributed by atoms with Crippen LogP contribution in [0.1, 0.15) is 40.2 Å². The van der Waals surface area contributed by atoms with E-state index in [-0.39, 0.29) is 23.2 Å². The quantitative estimate of drug-likeness (QED) is 0.204. The number of hydrogen-bond donors (Lipinski definition) is 4. The minimum atomic E-state index is -3.61. The fourth-order valence-corrected chi connectivity index (χ4v) is 5.69. The lowest BCUT2D eigenvalue weighted by atomic mass is 10.0. The van der Waals surface area contributed by atoms with E-state index >= 15 is 0 Å². The number of carboxylic acids is 1. The third-order valence-electron chi connectivity index (χ3n) is 6.44. The summed E-state index contributed by atoms with van der Waals surface area (Å²) in [6.45, 7) is 2.66. The highest BCUT2D eigenvalue weighted by molar-refractivity contribution is 9.10. The van der Waals surface area contributed by atoms with Gasteiger partial charge in [0.15, 0.2) is 0 Å².